The Hall–Kier alpha value is -2.36. The summed E-state index contributed by atoms with van der Waals surface area (Å²) in [5.74, 6) is 1.20. The minimum Gasteiger partial charge on any atom is -0.490 e. The van der Waals surface area contributed by atoms with Crippen molar-refractivity contribution in [2.75, 3.05) is 6.61 Å². The number of carbonyl (C=O) groups is 1. The van der Waals surface area contributed by atoms with Crippen LogP contribution in [-0.2, 0) is 0 Å². The summed E-state index contributed by atoms with van der Waals surface area (Å²) in [5, 5.41) is 0. The Morgan fingerprint density at radius 3 is 2.80 bits per heavy atom. The summed E-state index contributed by atoms with van der Waals surface area (Å²) >= 11 is 0. The van der Waals surface area contributed by atoms with Crippen molar-refractivity contribution in [3.63, 3.8) is 0 Å². The van der Waals surface area contributed by atoms with Crippen LogP contribution in [0, 0.1) is 0 Å². The molecule has 1 aromatic heterocycles. The number of hydrogen-bond acceptors (Lipinski definition) is 4. The SMILES string of the molecule is CCOc1cc(C=O)ccc1OC(C)c1cccnc1. The van der Waals surface area contributed by atoms with Crippen molar-refractivity contribution in [1.82, 2.24) is 4.98 Å². The number of pyridine rings is 1. The molecule has 0 saturated heterocycles. The molecule has 0 amide bonds. The fraction of sp³-hybridized carbons (Fsp3) is 0.250. The number of rotatable bonds is 6. The van der Waals surface area contributed by atoms with Gasteiger partial charge in [0.2, 0.25) is 0 Å². The first-order chi connectivity index (χ1) is 9.74. The number of aromatic nitrogens is 1. The first kappa shape index (κ1) is 14.1. The van der Waals surface area contributed by atoms with E-state index in [9.17, 15) is 4.79 Å². The molecule has 0 bridgehead atoms. The fourth-order valence-corrected chi connectivity index (χ4v) is 1.84. The molecule has 20 heavy (non-hydrogen) atoms. The highest BCUT2D eigenvalue weighted by Crippen LogP contribution is 2.31. The van der Waals surface area contributed by atoms with Gasteiger partial charge in [0.05, 0.1) is 6.61 Å². The van der Waals surface area contributed by atoms with Gasteiger partial charge >= 0.3 is 0 Å². The summed E-state index contributed by atoms with van der Waals surface area (Å²) in [6.07, 6.45) is 4.13. The van der Waals surface area contributed by atoms with Gasteiger partial charge in [-0.05, 0) is 38.1 Å². The highest BCUT2D eigenvalue weighted by molar-refractivity contribution is 5.76. The number of aldehydes is 1. The predicted octanol–water partition coefficient (Wildman–Crippen LogP) is 3.43. The maximum atomic E-state index is 10.8. The van der Waals surface area contributed by atoms with Crippen molar-refractivity contribution >= 4 is 6.29 Å². The van der Waals surface area contributed by atoms with Crippen LogP contribution in [0.2, 0.25) is 0 Å². The molecule has 4 nitrogen and oxygen atoms in total. The molecule has 1 aromatic carbocycles. The van der Waals surface area contributed by atoms with Gasteiger partial charge in [-0.25, -0.2) is 0 Å². The summed E-state index contributed by atoms with van der Waals surface area (Å²) in [7, 11) is 0. The molecule has 4 heteroatoms. The highest BCUT2D eigenvalue weighted by Gasteiger charge is 2.12. The molecule has 104 valence electrons. The lowest BCUT2D eigenvalue weighted by Gasteiger charge is -2.17. The first-order valence-electron chi connectivity index (χ1n) is 6.53. The molecule has 2 rings (SSSR count). The van der Waals surface area contributed by atoms with Gasteiger partial charge in [0, 0.05) is 23.5 Å². The maximum Gasteiger partial charge on any atom is 0.162 e. The van der Waals surface area contributed by atoms with E-state index in [1.165, 1.54) is 0 Å². The van der Waals surface area contributed by atoms with Gasteiger partial charge in [0.25, 0.3) is 0 Å². The zero-order valence-corrected chi connectivity index (χ0v) is 11.6. The van der Waals surface area contributed by atoms with Gasteiger partial charge in [-0.2, -0.15) is 0 Å². The Labute approximate surface area is 118 Å². The molecule has 2 aromatic rings. The summed E-state index contributed by atoms with van der Waals surface area (Å²) in [4.78, 5) is 14.9. The standard InChI is InChI=1S/C16H17NO3/c1-3-19-16-9-13(11-18)6-7-15(16)20-12(2)14-5-4-8-17-10-14/h4-12H,3H2,1-2H3. The van der Waals surface area contributed by atoms with Crippen molar-refractivity contribution in [2.24, 2.45) is 0 Å². The number of hydrogen-bond donors (Lipinski definition) is 0. The van der Waals surface area contributed by atoms with Crippen molar-refractivity contribution < 1.29 is 14.3 Å². The molecule has 1 unspecified atom stereocenters. The average molecular weight is 271 g/mol. The second-order valence-electron chi connectivity index (χ2n) is 4.30. The smallest absolute Gasteiger partial charge is 0.162 e. The van der Waals surface area contributed by atoms with Crippen LogP contribution in [0.4, 0.5) is 0 Å². The van der Waals surface area contributed by atoms with Gasteiger partial charge in [0.1, 0.15) is 12.4 Å². The minimum absolute atomic E-state index is 0.148. The normalized spacial score (nSPS) is 11.7. The summed E-state index contributed by atoms with van der Waals surface area (Å²) < 4.78 is 11.4. The van der Waals surface area contributed by atoms with Crippen LogP contribution >= 0.6 is 0 Å². The lowest BCUT2D eigenvalue weighted by molar-refractivity contribution is 0.112. The van der Waals surface area contributed by atoms with E-state index in [0.717, 1.165) is 11.8 Å². The van der Waals surface area contributed by atoms with E-state index in [2.05, 4.69) is 4.98 Å². The van der Waals surface area contributed by atoms with Crippen molar-refractivity contribution in [1.29, 1.82) is 0 Å². The molecule has 0 N–H and O–H groups in total. The van der Waals surface area contributed by atoms with Crippen LogP contribution < -0.4 is 9.47 Å². The van der Waals surface area contributed by atoms with Crippen LogP contribution in [0.15, 0.2) is 42.7 Å². The molecular formula is C16H17NO3. The number of carbonyl (C=O) groups excluding carboxylic acids is 1. The Morgan fingerprint density at radius 2 is 2.15 bits per heavy atom. The molecule has 1 heterocycles. The molecule has 0 aliphatic heterocycles. The van der Waals surface area contributed by atoms with Crippen LogP contribution in [0.25, 0.3) is 0 Å². The Bertz CT molecular complexity index is 569. The molecule has 1 atom stereocenters. The number of nitrogens with zero attached hydrogens (tertiary/aromatic N) is 1. The Morgan fingerprint density at radius 1 is 1.30 bits per heavy atom. The second-order valence-corrected chi connectivity index (χ2v) is 4.30. The van der Waals surface area contributed by atoms with E-state index in [1.54, 1.807) is 30.6 Å². The molecule has 0 aliphatic carbocycles. The first-order valence-corrected chi connectivity index (χ1v) is 6.53. The van der Waals surface area contributed by atoms with Gasteiger partial charge in [-0.3, -0.25) is 9.78 Å². The van der Waals surface area contributed by atoms with Gasteiger partial charge < -0.3 is 9.47 Å². The second kappa shape index (κ2) is 6.70. The van der Waals surface area contributed by atoms with E-state index in [0.29, 0.717) is 23.7 Å². The third-order valence-corrected chi connectivity index (χ3v) is 2.86. The van der Waals surface area contributed by atoms with E-state index >= 15 is 0 Å². The Balaban J connectivity index is 2.22. The topological polar surface area (TPSA) is 48.4 Å². The average Bonchev–Trinajstić information content (AvgIpc) is 2.50. The van der Waals surface area contributed by atoms with Crippen LogP contribution in [0.3, 0.4) is 0 Å². The van der Waals surface area contributed by atoms with Gasteiger partial charge in [0.15, 0.2) is 11.5 Å². The summed E-state index contributed by atoms with van der Waals surface area (Å²) in [6, 6.07) is 8.97. The number of ether oxygens (including phenoxy) is 2. The highest BCUT2D eigenvalue weighted by atomic mass is 16.5. The van der Waals surface area contributed by atoms with Crippen LogP contribution in [-0.4, -0.2) is 17.9 Å². The van der Waals surface area contributed by atoms with E-state index in [4.69, 9.17) is 9.47 Å². The predicted molar refractivity (Wildman–Crippen MR) is 76.3 cm³/mol. The summed E-state index contributed by atoms with van der Waals surface area (Å²) in [5.41, 5.74) is 1.55. The fourth-order valence-electron chi connectivity index (χ4n) is 1.84. The minimum atomic E-state index is -0.148. The third kappa shape index (κ3) is 3.35. The largest absolute Gasteiger partial charge is 0.490 e. The van der Waals surface area contributed by atoms with Crippen LogP contribution in [0.5, 0.6) is 11.5 Å². The van der Waals surface area contributed by atoms with Crippen molar-refractivity contribution in [2.45, 2.75) is 20.0 Å². The maximum absolute atomic E-state index is 10.8. The number of benzene rings is 1. The molecular weight excluding hydrogens is 254 g/mol. The lowest BCUT2D eigenvalue weighted by Crippen LogP contribution is -2.05. The molecule has 0 radical (unpaired) electrons. The Kier molecular flexibility index (Phi) is 4.71. The molecule has 0 saturated carbocycles. The van der Waals surface area contributed by atoms with E-state index in [-0.39, 0.29) is 6.10 Å². The molecule has 0 fully saturated rings. The molecule has 0 aliphatic rings. The van der Waals surface area contributed by atoms with E-state index < -0.39 is 0 Å². The lowest BCUT2D eigenvalue weighted by atomic mass is 10.2. The monoisotopic (exact) mass is 271 g/mol. The third-order valence-electron chi connectivity index (χ3n) is 2.86. The molecule has 0 spiro atoms. The zero-order valence-electron chi connectivity index (χ0n) is 11.6. The van der Waals surface area contributed by atoms with Gasteiger partial charge in [-0.15, -0.1) is 0 Å². The van der Waals surface area contributed by atoms with E-state index in [1.807, 2.05) is 26.0 Å². The quantitative estimate of drug-likeness (QED) is 0.755. The van der Waals surface area contributed by atoms with Gasteiger partial charge in [-0.1, -0.05) is 6.07 Å². The van der Waals surface area contributed by atoms with Crippen molar-refractivity contribution in [3.05, 3.63) is 53.9 Å². The van der Waals surface area contributed by atoms with Crippen LogP contribution in [0.1, 0.15) is 35.9 Å². The zero-order chi connectivity index (χ0) is 14.4. The summed E-state index contributed by atoms with van der Waals surface area (Å²) in [6.45, 7) is 4.35. The van der Waals surface area contributed by atoms with Crippen molar-refractivity contribution in [3.8, 4) is 11.5 Å².